The Bertz CT molecular complexity index is 550. The molecule has 2 rings (SSSR count). The average Bonchev–Trinajstić information content (AvgIpc) is 2.93. The molecule has 1 heterocycles. The number of rotatable bonds is 6. The molecule has 0 saturated carbocycles. The van der Waals surface area contributed by atoms with Crippen molar-refractivity contribution in [1.29, 1.82) is 0 Å². The largest absolute Gasteiger partial charge is 0.395 e. The van der Waals surface area contributed by atoms with Gasteiger partial charge in [0.1, 0.15) is 18.0 Å². The van der Waals surface area contributed by atoms with Gasteiger partial charge in [0, 0.05) is 18.4 Å². The lowest BCUT2D eigenvalue weighted by Gasteiger charge is -2.30. The third-order valence-corrected chi connectivity index (χ3v) is 3.55. The lowest BCUT2D eigenvalue weighted by molar-refractivity contribution is 0.113. The van der Waals surface area contributed by atoms with Crippen LogP contribution in [-0.2, 0) is 18.4 Å². The quantitative estimate of drug-likeness (QED) is 0.824. The fraction of sp³-hybridized carbons (Fsp3) is 0.429. The first kappa shape index (κ1) is 14.6. The topological polar surface area (TPSA) is 71.2 Å². The number of nitrogens with zero attached hydrogens (tertiary/aromatic N) is 3. The van der Waals surface area contributed by atoms with Crippen molar-refractivity contribution in [3.05, 3.63) is 47.8 Å². The summed E-state index contributed by atoms with van der Waals surface area (Å²) in [5.74, 6) is 0.329. The summed E-state index contributed by atoms with van der Waals surface area (Å²) in [5, 5.41) is 23.6. The Morgan fingerprint density at radius 1 is 1.20 bits per heavy atom. The fourth-order valence-electron chi connectivity index (χ4n) is 2.24. The Labute approximate surface area is 116 Å². The Hall–Kier alpha value is -1.79. The van der Waals surface area contributed by atoms with Crippen LogP contribution in [0.5, 0.6) is 0 Å². The Morgan fingerprint density at radius 3 is 2.40 bits per heavy atom. The van der Waals surface area contributed by atoms with Crippen molar-refractivity contribution in [2.24, 2.45) is 0 Å². The van der Waals surface area contributed by atoms with Crippen LogP contribution >= 0.6 is 0 Å². The zero-order valence-corrected chi connectivity index (χ0v) is 11.3. The second-order valence-electron chi connectivity index (χ2n) is 4.77. The molecule has 0 aliphatic rings. The predicted octanol–water partition coefficient (Wildman–Crippen LogP) is 0.902. The second kappa shape index (κ2) is 6.11. The van der Waals surface area contributed by atoms with Gasteiger partial charge in [-0.05, 0) is 24.6 Å². The lowest BCUT2D eigenvalue weighted by atomic mass is 9.78. The molecule has 0 aliphatic carbocycles. The number of halogens is 1. The highest BCUT2D eigenvalue weighted by Crippen LogP contribution is 2.27. The summed E-state index contributed by atoms with van der Waals surface area (Å²) >= 11 is 0. The van der Waals surface area contributed by atoms with Crippen molar-refractivity contribution in [2.75, 3.05) is 13.2 Å². The van der Waals surface area contributed by atoms with Crippen LogP contribution < -0.4 is 0 Å². The van der Waals surface area contributed by atoms with Gasteiger partial charge in [0.2, 0.25) is 0 Å². The summed E-state index contributed by atoms with van der Waals surface area (Å²) in [5.41, 5.74) is -0.220. The van der Waals surface area contributed by atoms with Crippen LogP contribution in [0.15, 0.2) is 30.6 Å². The molecule has 0 unspecified atom stereocenters. The van der Waals surface area contributed by atoms with Gasteiger partial charge in [0.05, 0.1) is 13.2 Å². The van der Waals surface area contributed by atoms with E-state index >= 15 is 0 Å². The molecule has 0 aliphatic heterocycles. The minimum absolute atomic E-state index is 0.258. The molecule has 20 heavy (non-hydrogen) atoms. The van der Waals surface area contributed by atoms with Gasteiger partial charge < -0.3 is 10.2 Å². The maximum absolute atomic E-state index is 13.0. The van der Waals surface area contributed by atoms with E-state index in [0.717, 1.165) is 0 Å². The second-order valence-corrected chi connectivity index (χ2v) is 4.77. The molecule has 2 aromatic rings. The molecule has 0 spiro atoms. The van der Waals surface area contributed by atoms with Gasteiger partial charge in [-0.3, -0.25) is 4.68 Å². The highest BCUT2D eigenvalue weighted by atomic mass is 19.1. The van der Waals surface area contributed by atoms with E-state index in [0.29, 0.717) is 24.4 Å². The van der Waals surface area contributed by atoms with E-state index < -0.39 is 5.41 Å². The van der Waals surface area contributed by atoms with Crippen LogP contribution in [0.1, 0.15) is 18.3 Å². The van der Waals surface area contributed by atoms with E-state index in [-0.39, 0.29) is 19.0 Å². The first-order valence-electron chi connectivity index (χ1n) is 6.49. The van der Waals surface area contributed by atoms with E-state index in [9.17, 15) is 14.6 Å². The lowest BCUT2D eigenvalue weighted by Crippen LogP contribution is -2.38. The third kappa shape index (κ3) is 2.71. The summed E-state index contributed by atoms with van der Waals surface area (Å²) < 4.78 is 14.7. The minimum Gasteiger partial charge on any atom is -0.395 e. The van der Waals surface area contributed by atoms with Crippen LogP contribution in [0.2, 0.25) is 0 Å². The molecule has 0 bridgehead atoms. The SMILES string of the molecule is CCn1ncnc1CC(CO)(CO)c1ccc(F)cc1. The Kier molecular flexibility index (Phi) is 4.46. The standard InChI is InChI=1S/C14H18FN3O2/c1-2-18-13(16-10-17-18)7-14(8-19,9-20)11-3-5-12(15)6-4-11/h3-6,10,19-20H,2,7-9H2,1H3. The number of aryl methyl sites for hydroxylation is 1. The van der Waals surface area contributed by atoms with Crippen LogP contribution in [0.3, 0.4) is 0 Å². The monoisotopic (exact) mass is 279 g/mol. The van der Waals surface area contributed by atoms with Crippen LogP contribution in [0.4, 0.5) is 4.39 Å². The number of hydrogen-bond acceptors (Lipinski definition) is 4. The maximum atomic E-state index is 13.0. The number of aromatic nitrogens is 3. The molecule has 0 saturated heterocycles. The summed E-state index contributed by atoms with van der Waals surface area (Å²) in [6.45, 7) is 2.08. The van der Waals surface area contributed by atoms with E-state index in [2.05, 4.69) is 10.1 Å². The number of aliphatic hydroxyl groups excluding tert-OH is 2. The zero-order valence-electron chi connectivity index (χ0n) is 11.3. The molecule has 0 radical (unpaired) electrons. The van der Waals surface area contributed by atoms with E-state index in [1.165, 1.54) is 18.5 Å². The highest BCUT2D eigenvalue weighted by molar-refractivity contribution is 5.28. The van der Waals surface area contributed by atoms with Crippen molar-refractivity contribution in [3.63, 3.8) is 0 Å². The van der Waals surface area contributed by atoms with E-state index in [4.69, 9.17) is 0 Å². The number of aliphatic hydroxyl groups is 2. The number of benzene rings is 1. The van der Waals surface area contributed by atoms with Crippen molar-refractivity contribution in [1.82, 2.24) is 14.8 Å². The molecule has 6 heteroatoms. The van der Waals surface area contributed by atoms with E-state index in [1.807, 2.05) is 6.92 Å². The summed E-state index contributed by atoms with van der Waals surface area (Å²) in [6.07, 6.45) is 1.78. The molecule has 108 valence electrons. The van der Waals surface area contributed by atoms with Gasteiger partial charge >= 0.3 is 0 Å². The van der Waals surface area contributed by atoms with Gasteiger partial charge in [0.15, 0.2) is 0 Å². The Balaban J connectivity index is 2.36. The molecular formula is C14H18FN3O2. The predicted molar refractivity (Wildman–Crippen MR) is 71.6 cm³/mol. The van der Waals surface area contributed by atoms with Gasteiger partial charge in [-0.25, -0.2) is 9.37 Å². The normalized spacial score (nSPS) is 11.8. The Morgan fingerprint density at radius 2 is 1.85 bits per heavy atom. The molecule has 0 amide bonds. The molecule has 1 aromatic heterocycles. The van der Waals surface area contributed by atoms with Gasteiger partial charge in [-0.2, -0.15) is 5.10 Å². The smallest absolute Gasteiger partial charge is 0.138 e. The van der Waals surface area contributed by atoms with Gasteiger partial charge in [0.25, 0.3) is 0 Å². The first-order valence-corrected chi connectivity index (χ1v) is 6.49. The minimum atomic E-state index is -0.895. The average molecular weight is 279 g/mol. The van der Waals surface area contributed by atoms with E-state index in [1.54, 1.807) is 16.8 Å². The van der Waals surface area contributed by atoms with Crippen molar-refractivity contribution < 1.29 is 14.6 Å². The molecule has 0 atom stereocenters. The molecule has 2 N–H and O–H groups in total. The molecule has 5 nitrogen and oxygen atoms in total. The van der Waals surface area contributed by atoms with Crippen molar-refractivity contribution in [3.8, 4) is 0 Å². The summed E-state index contributed by atoms with van der Waals surface area (Å²) in [7, 11) is 0. The maximum Gasteiger partial charge on any atom is 0.138 e. The van der Waals surface area contributed by atoms with Crippen molar-refractivity contribution >= 4 is 0 Å². The highest BCUT2D eigenvalue weighted by Gasteiger charge is 2.33. The molecule has 0 fully saturated rings. The van der Waals surface area contributed by atoms with Gasteiger partial charge in [-0.15, -0.1) is 0 Å². The molecular weight excluding hydrogens is 261 g/mol. The summed E-state index contributed by atoms with van der Waals surface area (Å²) in [4.78, 5) is 4.17. The van der Waals surface area contributed by atoms with Crippen LogP contribution in [-0.4, -0.2) is 38.2 Å². The first-order chi connectivity index (χ1) is 9.65. The van der Waals surface area contributed by atoms with Crippen molar-refractivity contribution in [2.45, 2.75) is 25.3 Å². The number of hydrogen-bond donors (Lipinski definition) is 2. The molecule has 1 aromatic carbocycles. The van der Waals surface area contributed by atoms with Crippen LogP contribution in [0, 0.1) is 5.82 Å². The third-order valence-electron chi connectivity index (χ3n) is 3.55. The zero-order chi connectivity index (χ0) is 14.6. The van der Waals surface area contributed by atoms with Gasteiger partial charge in [-0.1, -0.05) is 12.1 Å². The fourth-order valence-corrected chi connectivity index (χ4v) is 2.24. The summed E-state index contributed by atoms with van der Waals surface area (Å²) in [6, 6.07) is 5.79. The van der Waals surface area contributed by atoms with Crippen LogP contribution in [0.25, 0.3) is 0 Å².